The number of carbonyl (C=O) groups excluding carboxylic acids is 1. The number of nitriles is 1. The van der Waals surface area contributed by atoms with Gasteiger partial charge in [0.15, 0.2) is 5.88 Å². The van der Waals surface area contributed by atoms with E-state index in [1.165, 1.54) is 11.3 Å². The second kappa shape index (κ2) is 12.3. The minimum Gasteiger partial charge on any atom is -0.509 e. The summed E-state index contributed by atoms with van der Waals surface area (Å²) in [5.74, 6) is 0.681. The van der Waals surface area contributed by atoms with Crippen molar-refractivity contribution in [2.45, 2.75) is 115 Å². The molecule has 0 bridgehead atoms. The van der Waals surface area contributed by atoms with Crippen LogP contribution < -0.4 is 11.1 Å². The van der Waals surface area contributed by atoms with Gasteiger partial charge in [-0.3, -0.25) is 9.80 Å². The molecular weight excluding hydrogens is 611 g/mol. The Bertz CT molecular complexity index is 1510. The minimum atomic E-state index is -0.937. The summed E-state index contributed by atoms with van der Waals surface area (Å²) in [6, 6.07) is 2.08. The minimum absolute atomic E-state index is 0.117. The summed E-state index contributed by atoms with van der Waals surface area (Å²) < 4.78 is 32.5. The van der Waals surface area contributed by atoms with Crippen molar-refractivity contribution in [3.8, 4) is 6.07 Å². The molecule has 13 heteroatoms. The first kappa shape index (κ1) is 33.9. The molecule has 2 aliphatic heterocycles. The van der Waals surface area contributed by atoms with Gasteiger partial charge in [-0.25, -0.2) is 14.2 Å². The number of carbonyl (C=O) groups is 1. The molecule has 0 saturated carbocycles. The first-order valence-electron chi connectivity index (χ1n) is 15.9. The number of nitrogens with zero attached hydrogens (tertiary/aromatic N) is 4. The molecule has 2 saturated heterocycles. The van der Waals surface area contributed by atoms with Crippen molar-refractivity contribution in [1.82, 2.24) is 15.1 Å². The Morgan fingerprint density at radius 1 is 1.35 bits per heavy atom. The number of halogens is 1. The van der Waals surface area contributed by atoms with Gasteiger partial charge in [-0.05, 0) is 74.3 Å². The van der Waals surface area contributed by atoms with Gasteiger partial charge in [0.05, 0.1) is 34.8 Å². The highest BCUT2D eigenvalue weighted by atomic mass is 32.1. The Morgan fingerprint density at radius 2 is 2.07 bits per heavy atom. The maximum atomic E-state index is 14.3. The summed E-state index contributed by atoms with van der Waals surface area (Å²) in [6.07, 6.45) is 2.68. The van der Waals surface area contributed by atoms with Crippen molar-refractivity contribution < 1.29 is 28.5 Å². The number of hydrogen-bond donors (Lipinski definition) is 3. The van der Waals surface area contributed by atoms with Gasteiger partial charge in [0.1, 0.15) is 40.8 Å². The number of likely N-dealkylation sites (N-methyl/N-ethyl adjacent to an activating group) is 1. The van der Waals surface area contributed by atoms with Gasteiger partial charge in [-0.15, -0.1) is 11.3 Å². The number of thiophene rings is 1. The maximum absolute atomic E-state index is 14.3. The van der Waals surface area contributed by atoms with E-state index in [9.17, 15) is 19.6 Å². The molecule has 3 heterocycles. The highest BCUT2D eigenvalue weighted by Gasteiger charge is 2.53. The number of aliphatic imine (C=N–C) groups is 1. The number of nitrogens with one attached hydrogen (secondary N) is 1. The predicted molar refractivity (Wildman–Crippen MR) is 175 cm³/mol. The molecule has 252 valence electrons. The summed E-state index contributed by atoms with van der Waals surface area (Å²) in [4.78, 5) is 22.2. The van der Waals surface area contributed by atoms with E-state index in [-0.39, 0.29) is 23.8 Å². The summed E-state index contributed by atoms with van der Waals surface area (Å²) in [5, 5.41) is 24.9. The molecule has 0 unspecified atom stereocenters. The van der Waals surface area contributed by atoms with Crippen LogP contribution in [0.15, 0.2) is 28.4 Å². The van der Waals surface area contributed by atoms with E-state index < -0.39 is 34.9 Å². The molecule has 0 aromatic carbocycles. The highest BCUT2D eigenvalue weighted by Crippen LogP contribution is 2.57. The molecule has 1 spiro atoms. The summed E-state index contributed by atoms with van der Waals surface area (Å²) >= 11 is 1.42. The topological polar surface area (TPSA) is 146 Å². The van der Waals surface area contributed by atoms with E-state index in [0.717, 1.165) is 23.3 Å². The van der Waals surface area contributed by atoms with E-state index in [4.69, 9.17) is 24.9 Å². The van der Waals surface area contributed by atoms with Crippen molar-refractivity contribution in [2.24, 2.45) is 4.99 Å². The lowest BCUT2D eigenvalue weighted by Gasteiger charge is -2.53. The molecule has 2 fully saturated rings. The van der Waals surface area contributed by atoms with Crippen molar-refractivity contribution >= 4 is 28.3 Å². The molecule has 4 N–H and O–H groups in total. The molecule has 11 nitrogen and oxygen atoms in total. The van der Waals surface area contributed by atoms with Crippen LogP contribution >= 0.6 is 11.3 Å². The van der Waals surface area contributed by atoms with Crippen LogP contribution in [0.5, 0.6) is 0 Å². The number of anilines is 1. The van der Waals surface area contributed by atoms with Gasteiger partial charge in [0.2, 0.25) is 5.90 Å². The van der Waals surface area contributed by atoms with Crippen molar-refractivity contribution in [3.05, 3.63) is 39.4 Å². The number of amides is 1. The predicted octanol–water partition coefficient (Wildman–Crippen LogP) is 5.27. The Labute approximate surface area is 274 Å². The second-order valence-electron chi connectivity index (χ2n) is 14.4. The molecule has 0 radical (unpaired) electrons. The molecule has 1 aromatic heterocycles. The number of ether oxygens (including phenoxy) is 3. The van der Waals surface area contributed by atoms with Crippen LogP contribution in [0, 0.1) is 11.3 Å². The third-order valence-electron chi connectivity index (χ3n) is 9.66. The van der Waals surface area contributed by atoms with Gasteiger partial charge in [0, 0.05) is 36.5 Å². The van der Waals surface area contributed by atoms with Crippen LogP contribution in [0.3, 0.4) is 0 Å². The first-order valence-corrected chi connectivity index (χ1v) is 16.7. The van der Waals surface area contributed by atoms with Crippen LogP contribution in [0.25, 0.3) is 0 Å². The van der Waals surface area contributed by atoms with E-state index >= 15 is 0 Å². The lowest BCUT2D eigenvalue weighted by Crippen LogP contribution is -2.70. The first-order chi connectivity index (χ1) is 21.5. The lowest BCUT2D eigenvalue weighted by atomic mass is 9.61. The quantitative estimate of drug-likeness (QED) is 0.203. The Hall–Kier alpha value is -3.50. The van der Waals surface area contributed by atoms with Crippen LogP contribution in [-0.4, -0.2) is 89.6 Å². The molecular formula is C33H47FN6O5S. The Kier molecular flexibility index (Phi) is 9.03. The summed E-state index contributed by atoms with van der Waals surface area (Å²) in [6.45, 7) is 11.9. The average Bonchev–Trinajstić information content (AvgIpc) is 3.49. The molecule has 5 atom stereocenters. The zero-order chi connectivity index (χ0) is 33.8. The fourth-order valence-corrected chi connectivity index (χ4v) is 8.19. The number of aliphatic hydroxyl groups excluding tert-OH is 1. The largest absolute Gasteiger partial charge is 0.509 e. The third kappa shape index (κ3) is 6.13. The zero-order valence-electron chi connectivity index (χ0n) is 28.1. The number of hydrogen-bond acceptors (Lipinski definition) is 11. The van der Waals surface area contributed by atoms with Gasteiger partial charge in [-0.1, -0.05) is 0 Å². The van der Waals surface area contributed by atoms with E-state index in [2.05, 4.69) is 11.4 Å². The normalized spacial score (nSPS) is 28.6. The van der Waals surface area contributed by atoms with E-state index in [0.29, 0.717) is 54.5 Å². The number of rotatable bonds is 7. The summed E-state index contributed by atoms with van der Waals surface area (Å²) in [5.41, 5.74) is 5.96. The number of aliphatic hydroxyl groups is 1. The van der Waals surface area contributed by atoms with Crippen LogP contribution in [0.1, 0.15) is 83.2 Å². The number of fused-ring (bicyclic) bond motifs is 2. The smallest absolute Gasteiger partial charge is 0.410 e. The van der Waals surface area contributed by atoms with E-state index in [1.54, 1.807) is 18.0 Å². The number of alkyl halides is 1. The third-order valence-corrected chi connectivity index (χ3v) is 10.7. The van der Waals surface area contributed by atoms with Crippen molar-refractivity contribution in [1.29, 1.82) is 5.26 Å². The average molecular weight is 659 g/mol. The number of likely N-dealkylation sites (tertiary alicyclic amines) is 2. The molecule has 1 amide bonds. The number of aryl methyl sites for hydroxylation is 1. The number of allylic oxidation sites excluding steroid dienone is 2. The fourth-order valence-electron chi connectivity index (χ4n) is 7.03. The van der Waals surface area contributed by atoms with Gasteiger partial charge in [0.25, 0.3) is 0 Å². The van der Waals surface area contributed by atoms with Gasteiger partial charge in [-0.2, -0.15) is 5.26 Å². The monoisotopic (exact) mass is 658 g/mol. The molecule has 4 aliphatic rings. The van der Waals surface area contributed by atoms with Crippen LogP contribution in [-0.2, 0) is 26.0 Å². The molecule has 46 heavy (non-hydrogen) atoms. The highest BCUT2D eigenvalue weighted by molar-refractivity contribution is 7.16. The molecule has 1 aromatic rings. The Balaban J connectivity index is 1.43. The molecule has 5 rings (SSSR count). The molecule has 2 aliphatic carbocycles. The van der Waals surface area contributed by atoms with E-state index in [1.807, 2.05) is 53.5 Å². The number of nitrogen functional groups attached to an aromatic ring is 1. The Morgan fingerprint density at radius 3 is 2.63 bits per heavy atom. The second-order valence-corrected chi connectivity index (χ2v) is 15.5. The fraction of sp³-hybridized carbons (Fsp3) is 0.667. The van der Waals surface area contributed by atoms with Crippen molar-refractivity contribution in [3.63, 3.8) is 0 Å². The van der Waals surface area contributed by atoms with Gasteiger partial charge >= 0.3 is 6.09 Å². The lowest BCUT2D eigenvalue weighted by molar-refractivity contribution is -0.127. The van der Waals surface area contributed by atoms with Gasteiger partial charge < -0.3 is 30.4 Å². The standard InChI is InChI=1S/C33H47FN6O5S/c1-18(22-12-19(34)16-39(22)8)43-26(13-25(37-7)44-24-17-40(32(24,5)6)30(42)45-31(2,3)4)38-21-14-33(28(21)41)11-9-10-23-27(33)20(15-35)29(36)46-23/h13,18-19,22,24,37,41H,9-12,14,16-17,36H2,1-8H3/b25-13+,38-26?/t18-,19+,22-,24+,33+/m0/s1. The maximum Gasteiger partial charge on any atom is 0.410 e. The number of nitrogens with two attached hydrogens (primary N) is 1. The zero-order valence-corrected chi connectivity index (χ0v) is 28.9. The van der Waals surface area contributed by atoms with Crippen LogP contribution in [0.2, 0.25) is 0 Å². The van der Waals surface area contributed by atoms with Crippen LogP contribution in [0.4, 0.5) is 14.2 Å². The SMILES string of the molecule is CN/C(=C\C(=NC1=C(O)[C@]2(CCCc3sc(N)c(C#N)c32)C1)O[C@@H](C)[C@@H]1C[C@@H](F)CN1C)O[C@@H]1CN(C(=O)OC(C)(C)C)C1(C)C. The van der Waals surface area contributed by atoms with Crippen molar-refractivity contribution in [2.75, 3.05) is 32.9 Å². The summed E-state index contributed by atoms with van der Waals surface area (Å²) in [7, 11) is 3.59.